The van der Waals surface area contributed by atoms with Crippen molar-refractivity contribution in [3.05, 3.63) is 35.4 Å². The Bertz CT molecular complexity index is 336. The minimum atomic E-state index is -0.509. The number of rotatable bonds is 3. The Balaban J connectivity index is 2.66. The number of carbonyl (C=O) groups is 2. The summed E-state index contributed by atoms with van der Waals surface area (Å²) in [5.74, 6) is 0. The Morgan fingerprint density at radius 3 is 2.86 bits per heavy atom. The second-order valence-corrected chi connectivity index (χ2v) is 2.66. The highest BCUT2D eigenvalue weighted by molar-refractivity contribution is 5.77. The van der Waals surface area contributed by atoms with Gasteiger partial charge in [0.1, 0.15) is 6.29 Å². The molecule has 0 saturated heterocycles. The smallest absolute Gasteiger partial charge is 0.407 e. The standard InChI is InChI=1S/C10H11NO3/c1-14-10(13)11-6-8-4-2-3-5-9(8)7-12/h2-5,7H,6H2,1H3,(H,11,13). The van der Waals surface area contributed by atoms with Gasteiger partial charge in [0.15, 0.2) is 0 Å². The van der Waals surface area contributed by atoms with Crippen LogP contribution in [0.2, 0.25) is 0 Å². The molecular weight excluding hydrogens is 182 g/mol. The van der Waals surface area contributed by atoms with Crippen LogP contribution in [-0.4, -0.2) is 19.5 Å². The van der Waals surface area contributed by atoms with E-state index < -0.39 is 6.09 Å². The van der Waals surface area contributed by atoms with Gasteiger partial charge in [0.05, 0.1) is 7.11 Å². The Hall–Kier alpha value is -1.84. The zero-order valence-electron chi connectivity index (χ0n) is 7.82. The molecule has 0 spiro atoms. The van der Waals surface area contributed by atoms with Crippen molar-refractivity contribution in [3.63, 3.8) is 0 Å². The van der Waals surface area contributed by atoms with E-state index in [1.54, 1.807) is 24.3 Å². The largest absolute Gasteiger partial charge is 0.453 e. The number of aldehydes is 1. The molecule has 4 heteroatoms. The predicted octanol–water partition coefficient (Wildman–Crippen LogP) is 1.36. The molecule has 14 heavy (non-hydrogen) atoms. The van der Waals surface area contributed by atoms with Gasteiger partial charge in [-0.15, -0.1) is 0 Å². The zero-order valence-corrected chi connectivity index (χ0v) is 7.82. The van der Waals surface area contributed by atoms with Crippen LogP contribution in [0.5, 0.6) is 0 Å². The van der Waals surface area contributed by atoms with Crippen molar-refractivity contribution in [2.24, 2.45) is 0 Å². The van der Waals surface area contributed by atoms with Gasteiger partial charge in [0.25, 0.3) is 0 Å². The predicted molar refractivity (Wildman–Crippen MR) is 51.1 cm³/mol. The molecule has 1 amide bonds. The maximum Gasteiger partial charge on any atom is 0.407 e. The molecule has 0 aliphatic rings. The summed E-state index contributed by atoms with van der Waals surface area (Å²) in [4.78, 5) is 21.4. The van der Waals surface area contributed by atoms with Gasteiger partial charge in [-0.2, -0.15) is 0 Å². The number of benzene rings is 1. The number of carbonyl (C=O) groups excluding carboxylic acids is 2. The second-order valence-electron chi connectivity index (χ2n) is 2.66. The third-order valence-electron chi connectivity index (χ3n) is 1.79. The van der Waals surface area contributed by atoms with E-state index in [2.05, 4.69) is 10.1 Å². The van der Waals surface area contributed by atoms with Crippen LogP contribution >= 0.6 is 0 Å². The van der Waals surface area contributed by atoms with Crippen LogP contribution in [0.25, 0.3) is 0 Å². The Labute approximate surface area is 81.9 Å². The fraction of sp³-hybridized carbons (Fsp3) is 0.200. The molecule has 1 rings (SSSR count). The molecule has 0 unspecified atom stereocenters. The van der Waals surface area contributed by atoms with Crippen molar-refractivity contribution < 1.29 is 14.3 Å². The van der Waals surface area contributed by atoms with Crippen LogP contribution in [-0.2, 0) is 11.3 Å². The van der Waals surface area contributed by atoms with Crippen molar-refractivity contribution in [1.82, 2.24) is 5.32 Å². The molecule has 0 fully saturated rings. The van der Waals surface area contributed by atoms with Gasteiger partial charge < -0.3 is 10.1 Å². The Kier molecular flexibility index (Phi) is 3.67. The number of nitrogens with one attached hydrogen (secondary N) is 1. The van der Waals surface area contributed by atoms with Gasteiger partial charge >= 0.3 is 6.09 Å². The fourth-order valence-electron chi connectivity index (χ4n) is 1.05. The first-order valence-electron chi connectivity index (χ1n) is 4.13. The number of hydrogen-bond acceptors (Lipinski definition) is 3. The van der Waals surface area contributed by atoms with Crippen LogP contribution in [0.4, 0.5) is 4.79 Å². The van der Waals surface area contributed by atoms with E-state index in [0.29, 0.717) is 12.1 Å². The van der Waals surface area contributed by atoms with Gasteiger partial charge in [-0.25, -0.2) is 4.79 Å². The summed E-state index contributed by atoms with van der Waals surface area (Å²) in [5, 5.41) is 2.50. The molecule has 1 aromatic carbocycles. The molecular formula is C10H11NO3. The lowest BCUT2D eigenvalue weighted by molar-refractivity contribution is 0.112. The van der Waals surface area contributed by atoms with Crippen LogP contribution in [0.15, 0.2) is 24.3 Å². The maximum atomic E-state index is 10.8. The highest BCUT2D eigenvalue weighted by atomic mass is 16.5. The van der Waals surface area contributed by atoms with Crippen molar-refractivity contribution in [3.8, 4) is 0 Å². The van der Waals surface area contributed by atoms with Crippen LogP contribution in [0, 0.1) is 0 Å². The number of methoxy groups -OCH3 is 1. The fourth-order valence-corrected chi connectivity index (χ4v) is 1.05. The number of ether oxygens (including phenoxy) is 1. The molecule has 0 heterocycles. The number of alkyl carbamates (subject to hydrolysis) is 1. The molecule has 74 valence electrons. The van der Waals surface area contributed by atoms with Gasteiger partial charge in [0.2, 0.25) is 0 Å². The molecule has 1 aromatic rings. The first-order chi connectivity index (χ1) is 6.77. The summed E-state index contributed by atoms with van der Waals surface area (Å²) < 4.78 is 4.41. The quantitative estimate of drug-likeness (QED) is 0.737. The lowest BCUT2D eigenvalue weighted by atomic mass is 10.1. The average Bonchev–Trinajstić information content (AvgIpc) is 2.26. The summed E-state index contributed by atoms with van der Waals surface area (Å²) in [5.41, 5.74) is 1.34. The molecule has 0 aromatic heterocycles. The Morgan fingerprint density at radius 2 is 2.21 bits per heavy atom. The highest BCUT2D eigenvalue weighted by Gasteiger charge is 2.02. The van der Waals surface area contributed by atoms with Crippen LogP contribution in [0.1, 0.15) is 15.9 Å². The molecule has 0 bridgehead atoms. The summed E-state index contributed by atoms with van der Waals surface area (Å²) in [6.07, 6.45) is 0.250. The molecule has 4 nitrogen and oxygen atoms in total. The van der Waals surface area contributed by atoms with Crippen molar-refractivity contribution in [2.45, 2.75) is 6.54 Å². The summed E-state index contributed by atoms with van der Waals surface area (Å²) in [6, 6.07) is 7.05. The van der Waals surface area contributed by atoms with E-state index in [4.69, 9.17) is 0 Å². The molecule has 0 saturated carbocycles. The summed E-state index contributed by atoms with van der Waals surface area (Å²) in [6.45, 7) is 0.293. The second kappa shape index (κ2) is 5.01. The normalized spacial score (nSPS) is 9.21. The molecule has 0 radical (unpaired) electrons. The first-order valence-corrected chi connectivity index (χ1v) is 4.13. The van der Waals surface area contributed by atoms with Gasteiger partial charge in [0, 0.05) is 12.1 Å². The average molecular weight is 193 g/mol. The lowest BCUT2D eigenvalue weighted by Gasteiger charge is -2.05. The molecule has 0 aliphatic carbocycles. The minimum Gasteiger partial charge on any atom is -0.453 e. The van der Waals surface area contributed by atoms with Crippen molar-refractivity contribution >= 4 is 12.4 Å². The lowest BCUT2D eigenvalue weighted by Crippen LogP contribution is -2.22. The zero-order chi connectivity index (χ0) is 10.4. The van der Waals surface area contributed by atoms with E-state index in [9.17, 15) is 9.59 Å². The summed E-state index contributed by atoms with van der Waals surface area (Å²) >= 11 is 0. The van der Waals surface area contributed by atoms with E-state index in [1.165, 1.54) is 7.11 Å². The maximum absolute atomic E-state index is 10.8. The monoisotopic (exact) mass is 193 g/mol. The molecule has 0 aliphatic heterocycles. The van der Waals surface area contributed by atoms with E-state index in [0.717, 1.165) is 11.8 Å². The van der Waals surface area contributed by atoms with E-state index in [-0.39, 0.29) is 0 Å². The minimum absolute atomic E-state index is 0.293. The van der Waals surface area contributed by atoms with Crippen LogP contribution < -0.4 is 5.32 Å². The van der Waals surface area contributed by atoms with Crippen molar-refractivity contribution in [2.75, 3.05) is 7.11 Å². The van der Waals surface area contributed by atoms with E-state index >= 15 is 0 Å². The number of hydrogen-bond donors (Lipinski definition) is 1. The molecule has 0 atom stereocenters. The van der Waals surface area contributed by atoms with Gasteiger partial charge in [-0.05, 0) is 5.56 Å². The first kappa shape index (κ1) is 10.2. The highest BCUT2D eigenvalue weighted by Crippen LogP contribution is 2.05. The third-order valence-corrected chi connectivity index (χ3v) is 1.79. The SMILES string of the molecule is COC(=O)NCc1ccccc1C=O. The van der Waals surface area contributed by atoms with Crippen LogP contribution in [0.3, 0.4) is 0 Å². The Morgan fingerprint density at radius 1 is 1.50 bits per heavy atom. The third kappa shape index (κ3) is 2.58. The van der Waals surface area contributed by atoms with Gasteiger partial charge in [-0.1, -0.05) is 24.3 Å². The topological polar surface area (TPSA) is 55.4 Å². The van der Waals surface area contributed by atoms with E-state index in [1.807, 2.05) is 0 Å². The molecule has 1 N–H and O–H groups in total. The summed E-state index contributed by atoms with van der Waals surface area (Å²) in [7, 11) is 1.29. The number of amides is 1. The van der Waals surface area contributed by atoms with Crippen molar-refractivity contribution in [1.29, 1.82) is 0 Å². The van der Waals surface area contributed by atoms with Gasteiger partial charge in [-0.3, -0.25) is 4.79 Å².